The second-order valence-electron chi connectivity index (χ2n) is 5.90. The van der Waals surface area contributed by atoms with Gasteiger partial charge < -0.3 is 10.1 Å². The second kappa shape index (κ2) is 6.58. The number of carbonyl (C=O) groups is 1. The zero-order valence-corrected chi connectivity index (χ0v) is 14.6. The van der Waals surface area contributed by atoms with Crippen LogP contribution in [-0.4, -0.2) is 38.2 Å². The fourth-order valence-electron chi connectivity index (χ4n) is 2.06. The molecule has 112 valence electrons. The Morgan fingerprint density at radius 1 is 1.30 bits per heavy atom. The summed E-state index contributed by atoms with van der Waals surface area (Å²) in [6.45, 7) is 12.7. The molecule has 0 heterocycles. The molecule has 0 aliphatic heterocycles. The molecule has 1 rings (SSSR count). The molecule has 1 aromatic carbocycles. The van der Waals surface area contributed by atoms with Crippen molar-refractivity contribution in [2.24, 2.45) is 0 Å². The van der Waals surface area contributed by atoms with Gasteiger partial charge in [0.15, 0.2) is 0 Å². The predicted molar refractivity (Wildman–Crippen MR) is 89.9 cm³/mol. The third-order valence-electron chi connectivity index (χ3n) is 4.23. The topological polar surface area (TPSA) is 38.3 Å². The third-order valence-corrected chi connectivity index (χ3v) is 8.19. The molecule has 0 aliphatic rings. The number of anilines is 1. The van der Waals surface area contributed by atoms with Crippen LogP contribution in [0.15, 0.2) is 12.1 Å². The van der Waals surface area contributed by atoms with Crippen molar-refractivity contribution in [3.63, 3.8) is 0 Å². The number of rotatable bonds is 5. The molecule has 0 radical (unpaired) electrons. The molecule has 3 nitrogen and oxygen atoms in total. The Morgan fingerprint density at radius 2 is 1.80 bits per heavy atom. The Labute approximate surface area is 123 Å². The Hall–Kier alpha value is -1.08. The number of hydrogen-bond donors (Lipinski definition) is 1. The van der Waals surface area contributed by atoms with Gasteiger partial charge in [-0.15, -0.1) is 0 Å². The summed E-state index contributed by atoms with van der Waals surface area (Å²) < 4.78 is 5.25. The zero-order valence-electron chi connectivity index (χ0n) is 13.7. The number of ether oxygens (including phenoxy) is 1. The van der Waals surface area contributed by atoms with Gasteiger partial charge in [-0.25, -0.2) is 0 Å². The van der Waals surface area contributed by atoms with E-state index in [9.17, 15) is 4.79 Å². The van der Waals surface area contributed by atoms with Crippen LogP contribution in [0, 0.1) is 13.8 Å². The maximum atomic E-state index is 12.5. The normalized spacial score (nSPS) is 12.9. The lowest BCUT2D eigenvalue weighted by molar-refractivity contribution is -0.115. The van der Waals surface area contributed by atoms with Gasteiger partial charge in [0.1, 0.15) is 11.4 Å². The first-order valence-corrected chi connectivity index (χ1v) is 9.95. The Kier molecular flexibility index (Phi) is 5.59. The Balaban J connectivity index is 2.97. The van der Waals surface area contributed by atoms with E-state index in [0.717, 1.165) is 28.7 Å². The van der Waals surface area contributed by atoms with Crippen LogP contribution in [0.25, 0.3) is 0 Å². The van der Waals surface area contributed by atoms with E-state index < -0.39 is 7.26 Å². The molecule has 0 bridgehead atoms. The molecule has 1 aromatic rings. The molecule has 1 N–H and O–H groups in total. The lowest BCUT2D eigenvalue weighted by atomic mass is 10.1. The average Bonchev–Trinajstić information content (AvgIpc) is 2.41. The van der Waals surface area contributed by atoms with E-state index >= 15 is 0 Å². The molecular weight excluding hydrogens is 269 g/mol. The van der Waals surface area contributed by atoms with Crippen LogP contribution in [-0.2, 0) is 4.79 Å². The predicted octanol–water partition coefficient (Wildman–Crippen LogP) is 3.94. The van der Waals surface area contributed by atoms with Crippen molar-refractivity contribution < 1.29 is 9.53 Å². The van der Waals surface area contributed by atoms with Crippen LogP contribution in [0.5, 0.6) is 5.75 Å². The van der Waals surface area contributed by atoms with Gasteiger partial charge in [-0.2, -0.15) is 0 Å². The molecule has 4 heteroatoms. The molecule has 1 amide bonds. The molecule has 0 aliphatic carbocycles. The van der Waals surface area contributed by atoms with Crippen molar-refractivity contribution in [2.75, 3.05) is 31.9 Å². The number of methoxy groups -OCH3 is 1. The molecule has 0 saturated heterocycles. The summed E-state index contributed by atoms with van der Waals surface area (Å²) in [5, 5.41) is 3.10. The second-order valence-corrected chi connectivity index (χ2v) is 10.9. The molecule has 20 heavy (non-hydrogen) atoms. The van der Waals surface area contributed by atoms with Crippen molar-refractivity contribution in [3.8, 4) is 5.75 Å². The van der Waals surface area contributed by atoms with E-state index in [4.69, 9.17) is 4.74 Å². The van der Waals surface area contributed by atoms with Gasteiger partial charge in [-0.1, -0.05) is 0 Å². The van der Waals surface area contributed by atoms with Gasteiger partial charge in [0.25, 0.3) is 5.91 Å². The van der Waals surface area contributed by atoms with Gasteiger partial charge in [-0.05, 0) is 51.0 Å². The Bertz CT molecular complexity index is 474. The summed E-state index contributed by atoms with van der Waals surface area (Å²) in [7, 11) is 0.466. The minimum Gasteiger partial charge on any atom is -0.497 e. The van der Waals surface area contributed by atoms with E-state index in [-0.39, 0.29) is 11.6 Å². The summed E-state index contributed by atoms with van der Waals surface area (Å²) in [6, 6.07) is 3.90. The van der Waals surface area contributed by atoms with Crippen molar-refractivity contribution in [1.82, 2.24) is 0 Å². The minimum atomic E-state index is -1.19. The smallest absolute Gasteiger partial charge is 0.264 e. The van der Waals surface area contributed by atoms with E-state index in [0.29, 0.717) is 0 Å². The molecule has 1 unspecified atom stereocenters. The highest BCUT2D eigenvalue weighted by atomic mass is 31.2. The van der Waals surface area contributed by atoms with Crippen molar-refractivity contribution in [2.45, 2.75) is 33.4 Å². The number of benzene rings is 1. The molecule has 0 aromatic heterocycles. The zero-order chi connectivity index (χ0) is 15.5. The monoisotopic (exact) mass is 296 g/mol. The van der Waals surface area contributed by atoms with Crippen LogP contribution < -0.4 is 10.1 Å². The quantitative estimate of drug-likeness (QED) is 0.836. The van der Waals surface area contributed by atoms with Crippen LogP contribution >= 0.6 is 7.26 Å². The van der Waals surface area contributed by atoms with Crippen molar-refractivity contribution in [3.05, 3.63) is 23.3 Å². The van der Waals surface area contributed by atoms with Gasteiger partial charge in [0, 0.05) is 26.3 Å². The Morgan fingerprint density at radius 3 is 2.20 bits per heavy atom. The van der Waals surface area contributed by atoms with Gasteiger partial charge in [-0.3, -0.25) is 4.79 Å². The summed E-state index contributed by atoms with van der Waals surface area (Å²) in [5.41, 5.74) is 3.07. The van der Waals surface area contributed by atoms with E-state index in [2.05, 4.69) is 25.6 Å². The largest absolute Gasteiger partial charge is 0.497 e. The fraction of sp³-hybridized carbons (Fsp3) is 0.562. The third kappa shape index (κ3) is 3.73. The van der Waals surface area contributed by atoms with E-state index in [1.54, 1.807) is 7.11 Å². The highest BCUT2D eigenvalue weighted by Crippen LogP contribution is 2.55. The number of nitrogens with one attached hydrogen (secondary N) is 1. The first-order chi connectivity index (χ1) is 9.22. The molecular formula is C16H27NO2P+. The summed E-state index contributed by atoms with van der Waals surface area (Å²) in [5.74, 6) is 0.953. The maximum absolute atomic E-state index is 12.5. The summed E-state index contributed by atoms with van der Waals surface area (Å²) in [4.78, 5) is 12.5. The highest BCUT2D eigenvalue weighted by Gasteiger charge is 2.36. The summed E-state index contributed by atoms with van der Waals surface area (Å²) in [6.07, 6.45) is 1.09. The highest BCUT2D eigenvalue weighted by molar-refractivity contribution is 7.75. The molecule has 0 fully saturated rings. The number of aryl methyl sites for hydroxylation is 2. The summed E-state index contributed by atoms with van der Waals surface area (Å²) >= 11 is 0. The number of amides is 1. The first-order valence-electron chi connectivity index (χ1n) is 7.01. The van der Waals surface area contributed by atoms with E-state index in [1.165, 1.54) is 0 Å². The number of carbonyl (C=O) groups excluding carboxylic acids is 1. The lowest BCUT2D eigenvalue weighted by Crippen LogP contribution is -2.28. The van der Waals surface area contributed by atoms with Crippen molar-refractivity contribution >= 4 is 18.9 Å². The first kappa shape index (κ1) is 17.0. The average molecular weight is 296 g/mol. The SMILES string of the molecule is CC[P+](C)(C)C(C)C(=O)Nc1c(C)cc(OC)cc1C. The fourth-order valence-corrected chi connectivity index (χ4v) is 3.30. The molecule has 0 spiro atoms. The van der Waals surface area contributed by atoms with Gasteiger partial charge in [0.2, 0.25) is 0 Å². The van der Waals surface area contributed by atoms with Gasteiger partial charge >= 0.3 is 0 Å². The van der Waals surface area contributed by atoms with Crippen LogP contribution in [0.1, 0.15) is 25.0 Å². The van der Waals surface area contributed by atoms with Crippen LogP contribution in [0.4, 0.5) is 5.69 Å². The number of hydrogen-bond acceptors (Lipinski definition) is 2. The molecule has 0 saturated carbocycles. The maximum Gasteiger partial charge on any atom is 0.264 e. The molecule has 1 atom stereocenters. The van der Waals surface area contributed by atoms with Crippen LogP contribution in [0.3, 0.4) is 0 Å². The lowest BCUT2D eigenvalue weighted by Gasteiger charge is -2.24. The minimum absolute atomic E-state index is 0.0772. The van der Waals surface area contributed by atoms with Gasteiger partial charge in [0.05, 0.1) is 13.3 Å². The van der Waals surface area contributed by atoms with Crippen molar-refractivity contribution in [1.29, 1.82) is 0 Å². The van der Waals surface area contributed by atoms with Crippen LogP contribution in [0.2, 0.25) is 0 Å². The standard InChI is InChI=1S/C16H26NO2P/c1-8-20(6,7)13(4)16(18)17-15-11(2)9-14(19-5)10-12(15)3/h9-10,13H,8H2,1-7H3/p+1. The van der Waals surface area contributed by atoms with E-state index in [1.807, 2.05) is 32.9 Å².